The SMILES string of the molecule is CC(C)C(CC(=O)O)NC(=O)c1cccc(OC(F)F)c1. The van der Waals surface area contributed by atoms with Gasteiger partial charge in [0.25, 0.3) is 5.91 Å². The predicted molar refractivity (Wildman–Crippen MR) is 71.4 cm³/mol. The van der Waals surface area contributed by atoms with Gasteiger partial charge in [-0.05, 0) is 24.1 Å². The Morgan fingerprint density at radius 2 is 2.00 bits per heavy atom. The molecule has 7 heteroatoms. The summed E-state index contributed by atoms with van der Waals surface area (Å²) in [6, 6.07) is 4.79. The Kier molecular flexibility index (Phi) is 6.08. The number of ether oxygens (including phenoxy) is 1. The van der Waals surface area contributed by atoms with Gasteiger partial charge in [-0.25, -0.2) is 0 Å². The monoisotopic (exact) mass is 301 g/mol. The summed E-state index contributed by atoms with van der Waals surface area (Å²) in [5.74, 6) is -1.76. The molecular weight excluding hydrogens is 284 g/mol. The van der Waals surface area contributed by atoms with Crippen LogP contribution in [-0.4, -0.2) is 29.6 Å². The van der Waals surface area contributed by atoms with Crippen LogP contribution < -0.4 is 10.1 Å². The molecule has 0 saturated heterocycles. The van der Waals surface area contributed by atoms with Crippen molar-refractivity contribution < 1.29 is 28.2 Å². The summed E-state index contributed by atoms with van der Waals surface area (Å²) in [5, 5.41) is 11.4. The lowest BCUT2D eigenvalue weighted by molar-refractivity contribution is -0.137. The van der Waals surface area contributed by atoms with E-state index in [0.29, 0.717) is 0 Å². The summed E-state index contributed by atoms with van der Waals surface area (Å²) in [5.41, 5.74) is 0.129. The average molecular weight is 301 g/mol. The van der Waals surface area contributed by atoms with Gasteiger partial charge < -0.3 is 15.2 Å². The molecule has 0 saturated carbocycles. The molecule has 5 nitrogen and oxygen atoms in total. The fourth-order valence-electron chi connectivity index (χ4n) is 1.71. The minimum absolute atomic E-state index is 0.0782. The fourth-order valence-corrected chi connectivity index (χ4v) is 1.71. The molecule has 0 aliphatic heterocycles. The lowest BCUT2D eigenvalue weighted by Crippen LogP contribution is -2.40. The van der Waals surface area contributed by atoms with Crippen molar-refractivity contribution in [2.45, 2.75) is 32.9 Å². The second-order valence-electron chi connectivity index (χ2n) is 4.83. The number of alkyl halides is 2. The van der Waals surface area contributed by atoms with Crippen molar-refractivity contribution in [3.8, 4) is 5.75 Å². The van der Waals surface area contributed by atoms with E-state index >= 15 is 0 Å². The molecule has 0 fully saturated rings. The summed E-state index contributed by atoms with van der Waals surface area (Å²) in [7, 11) is 0. The largest absolute Gasteiger partial charge is 0.481 e. The van der Waals surface area contributed by atoms with Crippen LogP contribution in [-0.2, 0) is 4.79 Å². The van der Waals surface area contributed by atoms with Gasteiger partial charge in [-0.1, -0.05) is 19.9 Å². The summed E-state index contributed by atoms with van der Waals surface area (Å²) in [6.45, 7) is 0.591. The van der Waals surface area contributed by atoms with E-state index in [-0.39, 0.29) is 23.7 Å². The Hall–Kier alpha value is -2.18. The number of nitrogens with one attached hydrogen (secondary N) is 1. The van der Waals surface area contributed by atoms with Crippen molar-refractivity contribution >= 4 is 11.9 Å². The second-order valence-corrected chi connectivity index (χ2v) is 4.83. The van der Waals surface area contributed by atoms with Gasteiger partial charge in [-0.15, -0.1) is 0 Å². The molecule has 116 valence electrons. The van der Waals surface area contributed by atoms with E-state index in [4.69, 9.17) is 5.11 Å². The van der Waals surface area contributed by atoms with Crippen molar-refractivity contribution in [1.82, 2.24) is 5.32 Å². The van der Waals surface area contributed by atoms with Crippen LogP contribution in [0.5, 0.6) is 5.75 Å². The number of carbonyl (C=O) groups excluding carboxylic acids is 1. The summed E-state index contributed by atoms with van der Waals surface area (Å²) < 4.78 is 28.5. The third-order valence-electron chi connectivity index (χ3n) is 2.84. The maximum absolute atomic E-state index is 12.1. The average Bonchev–Trinajstić information content (AvgIpc) is 2.36. The van der Waals surface area contributed by atoms with E-state index in [1.54, 1.807) is 13.8 Å². The molecule has 0 aliphatic rings. The van der Waals surface area contributed by atoms with Crippen molar-refractivity contribution in [2.24, 2.45) is 5.92 Å². The van der Waals surface area contributed by atoms with Gasteiger partial charge in [0.15, 0.2) is 0 Å². The van der Waals surface area contributed by atoms with Gasteiger partial charge in [0.2, 0.25) is 0 Å². The zero-order chi connectivity index (χ0) is 16.0. The summed E-state index contributed by atoms with van der Waals surface area (Å²) in [6.07, 6.45) is -0.212. The van der Waals surface area contributed by atoms with E-state index in [0.717, 1.165) is 0 Å². The van der Waals surface area contributed by atoms with E-state index in [1.165, 1.54) is 24.3 Å². The van der Waals surface area contributed by atoms with Gasteiger partial charge in [-0.2, -0.15) is 8.78 Å². The topological polar surface area (TPSA) is 75.6 Å². The van der Waals surface area contributed by atoms with E-state index in [9.17, 15) is 18.4 Å². The highest BCUT2D eigenvalue weighted by atomic mass is 19.3. The Bertz CT molecular complexity index is 506. The molecule has 0 radical (unpaired) electrons. The Morgan fingerprint density at radius 1 is 1.33 bits per heavy atom. The van der Waals surface area contributed by atoms with Gasteiger partial charge in [-0.3, -0.25) is 9.59 Å². The maximum atomic E-state index is 12.1. The zero-order valence-electron chi connectivity index (χ0n) is 11.7. The van der Waals surface area contributed by atoms with Crippen LogP contribution in [0, 0.1) is 5.92 Å². The van der Waals surface area contributed by atoms with Crippen LogP contribution >= 0.6 is 0 Å². The minimum Gasteiger partial charge on any atom is -0.481 e. The fraction of sp³-hybridized carbons (Fsp3) is 0.429. The molecule has 0 aromatic heterocycles. The first-order chi connectivity index (χ1) is 9.79. The maximum Gasteiger partial charge on any atom is 0.387 e. The predicted octanol–water partition coefficient (Wildman–Crippen LogP) is 2.52. The van der Waals surface area contributed by atoms with Gasteiger partial charge in [0.05, 0.1) is 6.42 Å². The lowest BCUT2D eigenvalue weighted by atomic mass is 10.0. The molecule has 1 amide bonds. The van der Waals surface area contributed by atoms with Crippen LogP contribution in [0.4, 0.5) is 8.78 Å². The number of hydrogen-bond donors (Lipinski definition) is 2. The number of carboxylic acids is 1. The number of benzene rings is 1. The first kappa shape index (κ1) is 16.9. The van der Waals surface area contributed by atoms with Crippen molar-refractivity contribution in [2.75, 3.05) is 0 Å². The molecule has 0 aliphatic carbocycles. The summed E-state index contributed by atoms with van der Waals surface area (Å²) in [4.78, 5) is 22.8. The molecule has 0 spiro atoms. The number of rotatable bonds is 7. The number of carbonyl (C=O) groups is 2. The van der Waals surface area contributed by atoms with Gasteiger partial charge in [0, 0.05) is 11.6 Å². The first-order valence-electron chi connectivity index (χ1n) is 6.37. The normalized spacial score (nSPS) is 12.3. The highest BCUT2D eigenvalue weighted by Crippen LogP contribution is 2.16. The molecular formula is C14H17F2NO4. The van der Waals surface area contributed by atoms with Gasteiger partial charge >= 0.3 is 12.6 Å². The van der Waals surface area contributed by atoms with Crippen molar-refractivity contribution in [1.29, 1.82) is 0 Å². The number of carboxylic acid groups (broad SMARTS) is 1. The van der Waals surface area contributed by atoms with E-state index in [2.05, 4.69) is 10.1 Å². The van der Waals surface area contributed by atoms with Crippen molar-refractivity contribution in [3.63, 3.8) is 0 Å². The molecule has 1 rings (SSSR count). The molecule has 1 aromatic rings. The van der Waals surface area contributed by atoms with Crippen LogP contribution in [0.15, 0.2) is 24.3 Å². The molecule has 0 bridgehead atoms. The third-order valence-corrected chi connectivity index (χ3v) is 2.84. The van der Waals surface area contributed by atoms with Crippen LogP contribution in [0.2, 0.25) is 0 Å². The van der Waals surface area contributed by atoms with Crippen LogP contribution in [0.1, 0.15) is 30.6 Å². The van der Waals surface area contributed by atoms with Crippen molar-refractivity contribution in [3.05, 3.63) is 29.8 Å². The molecule has 21 heavy (non-hydrogen) atoms. The quantitative estimate of drug-likeness (QED) is 0.811. The van der Waals surface area contributed by atoms with Crippen LogP contribution in [0.3, 0.4) is 0 Å². The second kappa shape index (κ2) is 7.56. The molecule has 0 heterocycles. The standard InChI is InChI=1S/C14H17F2NO4/c1-8(2)11(7-12(18)19)17-13(20)9-4-3-5-10(6-9)21-14(15)16/h3-6,8,11,14H,7H2,1-2H3,(H,17,20)(H,18,19). The number of aliphatic carboxylic acids is 1. The van der Waals surface area contributed by atoms with E-state index in [1.807, 2.05) is 0 Å². The third kappa shape index (κ3) is 5.76. The zero-order valence-corrected chi connectivity index (χ0v) is 11.7. The molecule has 1 atom stereocenters. The minimum atomic E-state index is -2.97. The highest BCUT2D eigenvalue weighted by molar-refractivity contribution is 5.95. The number of hydrogen-bond acceptors (Lipinski definition) is 3. The number of amides is 1. The number of halogens is 2. The molecule has 1 aromatic carbocycles. The Labute approximate surface area is 120 Å². The van der Waals surface area contributed by atoms with E-state index < -0.39 is 24.5 Å². The Morgan fingerprint density at radius 3 is 2.52 bits per heavy atom. The molecule has 2 N–H and O–H groups in total. The molecule has 1 unspecified atom stereocenters. The summed E-state index contributed by atoms with van der Waals surface area (Å²) >= 11 is 0. The first-order valence-corrected chi connectivity index (χ1v) is 6.37. The smallest absolute Gasteiger partial charge is 0.387 e. The van der Waals surface area contributed by atoms with Crippen LogP contribution in [0.25, 0.3) is 0 Å². The highest BCUT2D eigenvalue weighted by Gasteiger charge is 2.20. The van der Waals surface area contributed by atoms with Gasteiger partial charge in [0.1, 0.15) is 5.75 Å². The lowest BCUT2D eigenvalue weighted by Gasteiger charge is -2.20. The Balaban J connectivity index is 2.80.